The van der Waals surface area contributed by atoms with Crippen LogP contribution in [0.3, 0.4) is 0 Å². The molecule has 2 saturated carbocycles. The summed E-state index contributed by atoms with van der Waals surface area (Å²) in [7, 11) is 4.31. The van der Waals surface area contributed by atoms with Crippen LogP contribution < -0.4 is 5.32 Å². The smallest absolute Gasteiger partial charge is 0.0695 e. The molecule has 0 aromatic carbocycles. The average Bonchev–Trinajstić information content (AvgIpc) is 2.43. The highest BCUT2D eigenvalue weighted by Gasteiger charge is 2.37. The first-order valence-corrected chi connectivity index (χ1v) is 8.59. The van der Waals surface area contributed by atoms with Gasteiger partial charge in [-0.2, -0.15) is 0 Å². The average molecular weight is 282 g/mol. The van der Waals surface area contributed by atoms with E-state index in [-0.39, 0.29) is 6.10 Å². The summed E-state index contributed by atoms with van der Waals surface area (Å²) in [6.45, 7) is 4.65. The van der Waals surface area contributed by atoms with Gasteiger partial charge in [0.1, 0.15) is 0 Å². The van der Waals surface area contributed by atoms with E-state index < -0.39 is 0 Å². The van der Waals surface area contributed by atoms with Crippen LogP contribution in [0.2, 0.25) is 0 Å². The summed E-state index contributed by atoms with van der Waals surface area (Å²) < 4.78 is 0. The van der Waals surface area contributed by atoms with Gasteiger partial charge < -0.3 is 15.3 Å². The van der Waals surface area contributed by atoms with Crippen LogP contribution >= 0.6 is 0 Å². The Balaban J connectivity index is 1.96. The van der Waals surface area contributed by atoms with E-state index in [4.69, 9.17) is 0 Å². The van der Waals surface area contributed by atoms with E-state index in [0.29, 0.717) is 11.5 Å². The van der Waals surface area contributed by atoms with Gasteiger partial charge in [0.25, 0.3) is 0 Å². The van der Waals surface area contributed by atoms with Gasteiger partial charge in [-0.15, -0.1) is 0 Å². The molecule has 2 aliphatic rings. The van der Waals surface area contributed by atoms with Gasteiger partial charge in [0.2, 0.25) is 0 Å². The maximum Gasteiger partial charge on any atom is 0.0695 e. The summed E-state index contributed by atoms with van der Waals surface area (Å²) in [5, 5.41) is 13.7. The number of aliphatic hydroxyl groups is 1. The molecule has 118 valence electrons. The summed E-state index contributed by atoms with van der Waals surface area (Å²) in [5.41, 5.74) is 0.424. The molecule has 0 heterocycles. The minimum absolute atomic E-state index is 0.108. The number of aliphatic hydroxyl groups excluding tert-OH is 1. The second kappa shape index (κ2) is 7.24. The minimum Gasteiger partial charge on any atom is -0.391 e. The van der Waals surface area contributed by atoms with Crippen LogP contribution in [0.15, 0.2) is 0 Å². The highest BCUT2D eigenvalue weighted by atomic mass is 16.3. The van der Waals surface area contributed by atoms with Crippen LogP contribution in [0.25, 0.3) is 0 Å². The van der Waals surface area contributed by atoms with Gasteiger partial charge in [-0.25, -0.2) is 0 Å². The molecular formula is C17H34N2O. The molecule has 0 saturated heterocycles. The van der Waals surface area contributed by atoms with E-state index in [0.717, 1.165) is 25.4 Å². The van der Waals surface area contributed by atoms with Gasteiger partial charge in [-0.1, -0.05) is 32.6 Å². The molecular weight excluding hydrogens is 248 g/mol. The van der Waals surface area contributed by atoms with Gasteiger partial charge in [-0.05, 0) is 51.1 Å². The third-order valence-electron chi connectivity index (χ3n) is 5.73. The fraction of sp³-hybridized carbons (Fsp3) is 1.00. The van der Waals surface area contributed by atoms with Crippen molar-refractivity contribution in [3.05, 3.63) is 0 Å². The largest absolute Gasteiger partial charge is 0.391 e. The van der Waals surface area contributed by atoms with Crippen molar-refractivity contribution in [1.29, 1.82) is 0 Å². The minimum atomic E-state index is -0.108. The zero-order valence-corrected chi connectivity index (χ0v) is 13.7. The number of rotatable bonds is 5. The van der Waals surface area contributed by atoms with Gasteiger partial charge >= 0.3 is 0 Å². The number of hydrogen-bond donors (Lipinski definition) is 2. The van der Waals surface area contributed by atoms with Crippen molar-refractivity contribution in [2.24, 2.45) is 11.3 Å². The van der Waals surface area contributed by atoms with Crippen molar-refractivity contribution in [2.75, 3.05) is 27.2 Å². The normalized spacial score (nSPS) is 39.1. The fourth-order valence-electron chi connectivity index (χ4n) is 4.39. The first-order chi connectivity index (χ1) is 9.56. The van der Waals surface area contributed by atoms with Crippen LogP contribution in [0.5, 0.6) is 0 Å². The van der Waals surface area contributed by atoms with Gasteiger partial charge in [0, 0.05) is 19.1 Å². The van der Waals surface area contributed by atoms with Crippen molar-refractivity contribution in [3.63, 3.8) is 0 Å². The second-order valence-corrected chi connectivity index (χ2v) is 7.55. The van der Waals surface area contributed by atoms with E-state index >= 15 is 0 Å². The standard InChI is InChI=1S/C17H34N2O/c1-14-8-10-17(11-9-14,12-18-2)13-19(3)15-6-4-5-7-16(15)20/h14-16,18,20H,4-13H2,1-3H3. The number of hydrogen-bond acceptors (Lipinski definition) is 3. The molecule has 2 rings (SSSR count). The number of nitrogens with zero attached hydrogens (tertiary/aromatic N) is 1. The lowest BCUT2D eigenvalue weighted by molar-refractivity contribution is 0.00152. The molecule has 2 atom stereocenters. The Morgan fingerprint density at radius 1 is 1.15 bits per heavy atom. The molecule has 0 aromatic heterocycles. The van der Waals surface area contributed by atoms with Crippen LogP contribution in [-0.2, 0) is 0 Å². The number of likely N-dealkylation sites (N-methyl/N-ethyl adjacent to an activating group) is 1. The van der Waals surface area contributed by atoms with Crippen LogP contribution in [0, 0.1) is 11.3 Å². The van der Waals surface area contributed by atoms with Crippen LogP contribution in [0.4, 0.5) is 0 Å². The Bertz CT molecular complexity index is 287. The lowest BCUT2D eigenvalue weighted by Gasteiger charge is -2.45. The fourth-order valence-corrected chi connectivity index (χ4v) is 4.39. The Morgan fingerprint density at radius 3 is 2.40 bits per heavy atom. The molecule has 2 unspecified atom stereocenters. The lowest BCUT2D eigenvalue weighted by Crippen LogP contribution is -2.51. The lowest BCUT2D eigenvalue weighted by atomic mass is 9.70. The topological polar surface area (TPSA) is 35.5 Å². The van der Waals surface area contributed by atoms with Gasteiger partial charge in [-0.3, -0.25) is 0 Å². The third-order valence-corrected chi connectivity index (χ3v) is 5.73. The van der Waals surface area contributed by atoms with Crippen molar-refractivity contribution >= 4 is 0 Å². The van der Waals surface area contributed by atoms with Crippen molar-refractivity contribution in [2.45, 2.75) is 70.4 Å². The van der Waals surface area contributed by atoms with E-state index in [1.165, 1.54) is 44.9 Å². The molecule has 2 fully saturated rings. The molecule has 3 heteroatoms. The Labute approximate surface area is 125 Å². The Morgan fingerprint density at radius 2 is 1.80 bits per heavy atom. The van der Waals surface area contributed by atoms with Crippen molar-refractivity contribution in [1.82, 2.24) is 10.2 Å². The van der Waals surface area contributed by atoms with Gasteiger partial charge in [0.15, 0.2) is 0 Å². The first-order valence-electron chi connectivity index (χ1n) is 8.59. The zero-order chi connectivity index (χ0) is 14.6. The number of nitrogens with one attached hydrogen (secondary N) is 1. The molecule has 0 radical (unpaired) electrons. The molecule has 0 bridgehead atoms. The molecule has 0 amide bonds. The molecule has 2 aliphatic carbocycles. The van der Waals surface area contributed by atoms with E-state index in [9.17, 15) is 5.11 Å². The first kappa shape index (κ1) is 16.3. The second-order valence-electron chi connectivity index (χ2n) is 7.55. The summed E-state index contributed by atoms with van der Waals surface area (Å²) in [6, 6.07) is 0.386. The van der Waals surface area contributed by atoms with Crippen LogP contribution in [-0.4, -0.2) is 49.3 Å². The predicted molar refractivity (Wildman–Crippen MR) is 84.9 cm³/mol. The maximum absolute atomic E-state index is 10.3. The summed E-state index contributed by atoms with van der Waals surface area (Å²) in [4.78, 5) is 2.47. The molecule has 0 aliphatic heterocycles. The maximum atomic E-state index is 10.3. The Kier molecular flexibility index (Phi) is 5.88. The highest BCUT2D eigenvalue weighted by molar-refractivity contribution is 4.91. The van der Waals surface area contributed by atoms with E-state index in [2.05, 4.69) is 31.2 Å². The summed E-state index contributed by atoms with van der Waals surface area (Å²) in [5.74, 6) is 0.894. The SMILES string of the molecule is CNCC1(CN(C)C2CCCCC2O)CCC(C)CC1. The predicted octanol–water partition coefficient (Wildman–Crippen LogP) is 2.64. The molecule has 2 N–H and O–H groups in total. The van der Waals surface area contributed by atoms with Crippen molar-refractivity contribution < 1.29 is 5.11 Å². The zero-order valence-electron chi connectivity index (χ0n) is 13.7. The highest BCUT2D eigenvalue weighted by Crippen LogP contribution is 2.39. The molecule has 20 heavy (non-hydrogen) atoms. The summed E-state index contributed by atoms with van der Waals surface area (Å²) in [6.07, 6.45) is 9.93. The quantitative estimate of drug-likeness (QED) is 0.814. The van der Waals surface area contributed by atoms with E-state index in [1.807, 2.05) is 0 Å². The molecule has 0 aromatic rings. The Hall–Kier alpha value is -0.120. The van der Waals surface area contributed by atoms with Crippen LogP contribution in [0.1, 0.15) is 58.3 Å². The summed E-state index contributed by atoms with van der Waals surface area (Å²) >= 11 is 0. The third kappa shape index (κ3) is 3.96. The van der Waals surface area contributed by atoms with Crippen molar-refractivity contribution in [3.8, 4) is 0 Å². The van der Waals surface area contributed by atoms with E-state index in [1.54, 1.807) is 0 Å². The van der Waals surface area contributed by atoms with Gasteiger partial charge in [0.05, 0.1) is 6.10 Å². The molecule has 0 spiro atoms. The molecule has 3 nitrogen and oxygen atoms in total. The monoisotopic (exact) mass is 282 g/mol.